The van der Waals surface area contributed by atoms with Crippen LogP contribution in [-0.4, -0.2) is 24.0 Å². The summed E-state index contributed by atoms with van der Waals surface area (Å²) in [6.07, 6.45) is -3.74. The van der Waals surface area contributed by atoms with E-state index in [0.29, 0.717) is 28.9 Å². The quantitative estimate of drug-likeness (QED) is 0.828. The van der Waals surface area contributed by atoms with Gasteiger partial charge < -0.3 is 10.6 Å². The fourth-order valence-corrected chi connectivity index (χ4v) is 3.64. The minimum atomic E-state index is -4.42. The van der Waals surface area contributed by atoms with Gasteiger partial charge in [-0.05, 0) is 29.8 Å². The number of anilines is 1. The zero-order valence-electron chi connectivity index (χ0n) is 13.5. The number of hydrogen-bond acceptors (Lipinski definition) is 4. The lowest BCUT2D eigenvalue weighted by molar-refractivity contribution is -0.137. The fraction of sp³-hybridized carbons (Fsp3) is 0.222. The number of nitrogens with zero attached hydrogens (tertiary/aromatic N) is 1. The summed E-state index contributed by atoms with van der Waals surface area (Å²) in [5.74, 6) is 0.0506. The summed E-state index contributed by atoms with van der Waals surface area (Å²) in [5, 5.41) is 0. The number of hydrogen-bond donors (Lipinski definition) is 1. The molecule has 4 nitrogen and oxygen atoms in total. The van der Waals surface area contributed by atoms with Crippen LogP contribution in [0, 0.1) is 0 Å². The highest BCUT2D eigenvalue weighted by molar-refractivity contribution is 7.99. The van der Waals surface area contributed by atoms with Crippen LogP contribution < -0.4 is 10.6 Å². The van der Waals surface area contributed by atoms with Gasteiger partial charge in [0, 0.05) is 16.2 Å². The van der Waals surface area contributed by atoms with Gasteiger partial charge in [0.05, 0.1) is 23.8 Å². The molecule has 2 aromatic carbocycles. The van der Waals surface area contributed by atoms with Crippen LogP contribution in [0.4, 0.5) is 18.9 Å². The minimum Gasteiger partial charge on any atom is -0.319 e. The van der Waals surface area contributed by atoms with Gasteiger partial charge >= 0.3 is 6.18 Å². The van der Waals surface area contributed by atoms with Crippen molar-refractivity contribution in [3.63, 3.8) is 0 Å². The van der Waals surface area contributed by atoms with Crippen molar-refractivity contribution in [2.45, 2.75) is 23.7 Å². The molecule has 2 aromatic rings. The van der Waals surface area contributed by atoms with Crippen LogP contribution in [0.15, 0.2) is 47.4 Å². The van der Waals surface area contributed by atoms with Gasteiger partial charge in [0.1, 0.15) is 6.29 Å². The molecule has 26 heavy (non-hydrogen) atoms. The van der Waals surface area contributed by atoms with Crippen molar-refractivity contribution >= 4 is 29.6 Å². The highest BCUT2D eigenvalue weighted by Crippen LogP contribution is 2.36. The minimum absolute atomic E-state index is 0.0700. The average Bonchev–Trinajstić information content (AvgIpc) is 2.73. The lowest BCUT2D eigenvalue weighted by Gasteiger charge is -2.25. The number of thioether (sulfide) groups is 1. The molecule has 1 atom stereocenters. The molecule has 0 aliphatic carbocycles. The van der Waals surface area contributed by atoms with Crippen molar-refractivity contribution in [3.05, 3.63) is 59.2 Å². The van der Waals surface area contributed by atoms with Crippen LogP contribution >= 0.6 is 11.8 Å². The van der Waals surface area contributed by atoms with Gasteiger partial charge in [-0.15, -0.1) is 11.8 Å². The van der Waals surface area contributed by atoms with Gasteiger partial charge in [-0.25, -0.2) is 0 Å². The number of halogens is 3. The predicted molar refractivity (Wildman–Crippen MR) is 93.2 cm³/mol. The third-order valence-electron chi connectivity index (χ3n) is 4.03. The molecule has 1 heterocycles. The Kier molecular flexibility index (Phi) is 5.06. The molecule has 0 radical (unpaired) electrons. The van der Waals surface area contributed by atoms with Crippen LogP contribution in [0.2, 0.25) is 0 Å². The molecule has 0 fully saturated rings. The largest absolute Gasteiger partial charge is 0.416 e. The molecule has 1 amide bonds. The zero-order valence-corrected chi connectivity index (χ0v) is 14.3. The molecule has 136 valence electrons. The van der Waals surface area contributed by atoms with Crippen LogP contribution in [0.3, 0.4) is 0 Å². The Hall–Kier alpha value is -2.32. The molecule has 0 bridgehead atoms. The second kappa shape index (κ2) is 7.13. The average molecular weight is 380 g/mol. The van der Waals surface area contributed by atoms with Crippen molar-refractivity contribution in [1.29, 1.82) is 0 Å². The summed E-state index contributed by atoms with van der Waals surface area (Å²) < 4.78 is 38.1. The van der Waals surface area contributed by atoms with Gasteiger partial charge in [0.25, 0.3) is 0 Å². The van der Waals surface area contributed by atoms with E-state index in [2.05, 4.69) is 0 Å². The molecular formula is C18H15F3N2O2S. The number of fused-ring (bicyclic) bond motifs is 1. The molecular weight excluding hydrogens is 365 g/mol. The number of benzene rings is 2. The molecule has 3 rings (SSSR count). The molecule has 0 aromatic heterocycles. The van der Waals surface area contributed by atoms with E-state index in [0.717, 1.165) is 17.0 Å². The molecule has 0 saturated carbocycles. The van der Waals surface area contributed by atoms with E-state index < -0.39 is 17.8 Å². The monoisotopic (exact) mass is 380 g/mol. The number of rotatable bonds is 3. The number of carbonyl (C=O) groups is 2. The van der Waals surface area contributed by atoms with E-state index in [9.17, 15) is 22.8 Å². The molecule has 0 spiro atoms. The van der Waals surface area contributed by atoms with Crippen LogP contribution in [-0.2, 0) is 17.5 Å². The Morgan fingerprint density at radius 2 is 1.88 bits per heavy atom. The first-order valence-corrected chi connectivity index (χ1v) is 8.73. The standard InChI is InChI=1S/C18H15F3N2O2S/c19-18(20,21)13-4-1-11(2-5-13)8-23-15-7-12(9-24)3-6-16(15)26-10-14(22)17(23)25/h1-7,9,14H,8,10,22H2/t14-/m0/s1. The van der Waals surface area contributed by atoms with Crippen molar-refractivity contribution in [2.75, 3.05) is 10.7 Å². The Bertz CT molecular complexity index is 837. The maximum Gasteiger partial charge on any atom is 0.416 e. The Balaban J connectivity index is 1.96. The van der Waals surface area contributed by atoms with E-state index in [1.807, 2.05) is 0 Å². The SMILES string of the molecule is N[C@H]1CSc2ccc(C=O)cc2N(Cc2ccc(C(F)(F)F)cc2)C1=O. The normalized spacial score (nSPS) is 17.6. The Morgan fingerprint density at radius 1 is 1.19 bits per heavy atom. The summed E-state index contributed by atoms with van der Waals surface area (Å²) in [4.78, 5) is 26.0. The summed E-state index contributed by atoms with van der Waals surface area (Å²) in [7, 11) is 0. The number of aldehydes is 1. The molecule has 0 saturated heterocycles. The smallest absolute Gasteiger partial charge is 0.319 e. The van der Waals surface area contributed by atoms with E-state index in [4.69, 9.17) is 5.73 Å². The summed E-state index contributed by atoms with van der Waals surface area (Å²) >= 11 is 1.41. The first-order chi connectivity index (χ1) is 12.3. The molecule has 1 aliphatic heterocycles. The zero-order chi connectivity index (χ0) is 18.9. The predicted octanol–water partition coefficient (Wildman–Crippen LogP) is 3.48. The third-order valence-corrected chi connectivity index (χ3v) is 5.22. The van der Waals surface area contributed by atoms with Gasteiger partial charge in [-0.3, -0.25) is 9.59 Å². The number of amides is 1. The van der Waals surface area contributed by atoms with Gasteiger partial charge in [0.15, 0.2) is 0 Å². The lowest BCUT2D eigenvalue weighted by Crippen LogP contribution is -2.44. The van der Waals surface area contributed by atoms with Crippen molar-refractivity contribution < 1.29 is 22.8 Å². The number of alkyl halides is 3. The second-order valence-electron chi connectivity index (χ2n) is 5.88. The highest BCUT2D eigenvalue weighted by atomic mass is 32.2. The summed E-state index contributed by atoms with van der Waals surface area (Å²) in [6.45, 7) is 0.0700. The number of carbonyl (C=O) groups excluding carboxylic acids is 2. The fourth-order valence-electron chi connectivity index (χ4n) is 2.66. The van der Waals surface area contributed by atoms with Crippen LogP contribution in [0.5, 0.6) is 0 Å². The van der Waals surface area contributed by atoms with Crippen LogP contribution in [0.1, 0.15) is 21.5 Å². The van der Waals surface area contributed by atoms with Crippen molar-refractivity contribution in [1.82, 2.24) is 0 Å². The topological polar surface area (TPSA) is 63.4 Å². The Labute approximate surface area is 152 Å². The molecule has 0 unspecified atom stereocenters. The summed E-state index contributed by atoms with van der Waals surface area (Å²) in [6, 6.07) is 8.89. The Morgan fingerprint density at radius 3 is 2.50 bits per heavy atom. The van der Waals surface area contributed by atoms with Gasteiger partial charge in [-0.1, -0.05) is 18.2 Å². The van der Waals surface area contributed by atoms with E-state index >= 15 is 0 Å². The maximum absolute atomic E-state index is 12.7. The van der Waals surface area contributed by atoms with Crippen molar-refractivity contribution in [2.24, 2.45) is 5.73 Å². The van der Waals surface area contributed by atoms with E-state index in [-0.39, 0.29) is 12.5 Å². The first kappa shape index (κ1) is 18.5. The molecule has 2 N–H and O–H groups in total. The van der Waals surface area contributed by atoms with E-state index in [1.165, 1.54) is 28.8 Å². The first-order valence-electron chi connectivity index (χ1n) is 7.74. The summed E-state index contributed by atoms with van der Waals surface area (Å²) in [5.41, 5.74) is 6.65. The molecule has 1 aliphatic rings. The van der Waals surface area contributed by atoms with Crippen molar-refractivity contribution in [3.8, 4) is 0 Å². The number of nitrogens with two attached hydrogens (primary N) is 1. The third kappa shape index (κ3) is 3.76. The van der Waals surface area contributed by atoms with Gasteiger partial charge in [0.2, 0.25) is 5.91 Å². The lowest BCUT2D eigenvalue weighted by atomic mass is 10.1. The van der Waals surface area contributed by atoms with Gasteiger partial charge in [-0.2, -0.15) is 13.2 Å². The second-order valence-corrected chi connectivity index (χ2v) is 6.94. The highest BCUT2D eigenvalue weighted by Gasteiger charge is 2.31. The van der Waals surface area contributed by atoms with Crippen LogP contribution in [0.25, 0.3) is 0 Å². The molecule has 8 heteroatoms. The maximum atomic E-state index is 12.7. The van der Waals surface area contributed by atoms with E-state index in [1.54, 1.807) is 18.2 Å².